The molecular formula is C18H19NO4S. The van der Waals surface area contributed by atoms with Crippen LogP contribution in [0.4, 0.5) is 5.69 Å². The van der Waals surface area contributed by atoms with Gasteiger partial charge in [-0.05, 0) is 55.7 Å². The Bertz CT molecular complexity index is 909. The predicted octanol–water partition coefficient (Wildman–Crippen LogP) is 2.98. The van der Waals surface area contributed by atoms with Crippen molar-refractivity contribution in [1.29, 1.82) is 0 Å². The molecule has 0 bridgehead atoms. The van der Waals surface area contributed by atoms with E-state index in [9.17, 15) is 13.2 Å². The lowest BCUT2D eigenvalue weighted by molar-refractivity contribution is -0.114. The number of aryl methyl sites for hydroxylation is 1. The van der Waals surface area contributed by atoms with Crippen molar-refractivity contribution in [3.05, 3.63) is 53.5 Å². The molecule has 0 fully saturated rings. The minimum atomic E-state index is -3.32. The number of benzene rings is 1. The van der Waals surface area contributed by atoms with Gasteiger partial charge in [-0.2, -0.15) is 0 Å². The molecule has 1 aromatic carbocycles. The molecule has 1 aromatic heterocycles. The molecule has 0 aliphatic carbocycles. The van der Waals surface area contributed by atoms with E-state index in [1.54, 1.807) is 35.2 Å². The third-order valence-electron chi connectivity index (χ3n) is 4.02. The van der Waals surface area contributed by atoms with Crippen LogP contribution in [0.2, 0.25) is 0 Å². The van der Waals surface area contributed by atoms with Gasteiger partial charge in [-0.3, -0.25) is 4.79 Å². The standard InChI is InChI=1S/C18H19NO4S/c1-13-8-9-14(23-13)10-11-18(20)19-12-4-5-15-16(19)6-3-7-17(15)24(2,21)22/h3,6-11H,4-5,12H2,1-2H3. The highest BCUT2D eigenvalue weighted by atomic mass is 32.2. The van der Waals surface area contributed by atoms with Crippen LogP contribution in [0, 0.1) is 6.92 Å². The molecule has 0 unspecified atom stereocenters. The fourth-order valence-corrected chi connectivity index (χ4v) is 3.94. The van der Waals surface area contributed by atoms with Gasteiger partial charge in [0.05, 0.1) is 4.90 Å². The number of nitrogens with zero attached hydrogens (tertiary/aromatic N) is 1. The normalized spacial score (nSPS) is 14.8. The molecule has 0 spiro atoms. The first-order valence-corrected chi connectivity index (χ1v) is 9.63. The minimum Gasteiger partial charge on any atom is -0.462 e. The predicted molar refractivity (Wildman–Crippen MR) is 92.7 cm³/mol. The maximum absolute atomic E-state index is 12.5. The summed E-state index contributed by atoms with van der Waals surface area (Å²) in [6.07, 6.45) is 5.68. The van der Waals surface area contributed by atoms with E-state index in [1.165, 1.54) is 12.3 Å². The molecule has 0 radical (unpaired) electrons. The van der Waals surface area contributed by atoms with Gasteiger partial charge in [-0.1, -0.05) is 6.07 Å². The molecule has 2 aromatic rings. The lowest BCUT2D eigenvalue weighted by atomic mass is 10.0. The number of fused-ring (bicyclic) bond motifs is 1. The lowest BCUT2D eigenvalue weighted by Crippen LogP contribution is -2.34. The Morgan fingerprint density at radius 2 is 2.04 bits per heavy atom. The van der Waals surface area contributed by atoms with Gasteiger partial charge in [-0.25, -0.2) is 8.42 Å². The Balaban J connectivity index is 1.92. The van der Waals surface area contributed by atoms with Crippen LogP contribution in [0.1, 0.15) is 23.5 Å². The molecular weight excluding hydrogens is 326 g/mol. The second-order valence-electron chi connectivity index (χ2n) is 5.90. The molecule has 1 aliphatic rings. The summed E-state index contributed by atoms with van der Waals surface area (Å²) in [5.74, 6) is 1.21. The first kappa shape index (κ1) is 16.5. The van der Waals surface area contributed by atoms with Gasteiger partial charge in [0.2, 0.25) is 0 Å². The Labute approximate surface area is 141 Å². The number of amides is 1. The smallest absolute Gasteiger partial charge is 0.251 e. The van der Waals surface area contributed by atoms with E-state index in [4.69, 9.17) is 4.42 Å². The maximum Gasteiger partial charge on any atom is 0.251 e. The molecule has 1 amide bonds. The number of furan rings is 1. The van der Waals surface area contributed by atoms with E-state index in [-0.39, 0.29) is 5.91 Å². The van der Waals surface area contributed by atoms with Crippen LogP contribution in [-0.2, 0) is 21.1 Å². The average Bonchev–Trinajstić information content (AvgIpc) is 2.96. The number of carbonyl (C=O) groups is 1. The highest BCUT2D eigenvalue weighted by Crippen LogP contribution is 2.32. The second-order valence-corrected chi connectivity index (χ2v) is 7.89. The van der Waals surface area contributed by atoms with E-state index >= 15 is 0 Å². The summed E-state index contributed by atoms with van der Waals surface area (Å²) in [6, 6.07) is 8.71. The van der Waals surface area contributed by atoms with E-state index < -0.39 is 9.84 Å². The van der Waals surface area contributed by atoms with Crippen molar-refractivity contribution in [3.63, 3.8) is 0 Å². The van der Waals surface area contributed by atoms with Crippen LogP contribution < -0.4 is 4.90 Å². The quantitative estimate of drug-likeness (QED) is 0.802. The molecule has 0 saturated carbocycles. The topological polar surface area (TPSA) is 67.6 Å². The lowest BCUT2D eigenvalue weighted by Gasteiger charge is -2.29. The van der Waals surface area contributed by atoms with Crippen molar-refractivity contribution in [2.75, 3.05) is 17.7 Å². The SMILES string of the molecule is Cc1ccc(C=CC(=O)N2CCCc3c2cccc3S(C)(=O)=O)o1. The first-order valence-electron chi connectivity index (χ1n) is 7.74. The zero-order chi connectivity index (χ0) is 17.3. The van der Waals surface area contributed by atoms with Gasteiger partial charge in [0.25, 0.3) is 5.91 Å². The van der Waals surface area contributed by atoms with Crippen molar-refractivity contribution >= 4 is 27.5 Å². The third kappa shape index (κ3) is 3.28. The summed E-state index contributed by atoms with van der Waals surface area (Å²) in [5, 5.41) is 0. The van der Waals surface area contributed by atoms with E-state index in [2.05, 4.69) is 0 Å². The van der Waals surface area contributed by atoms with Gasteiger partial charge in [0, 0.05) is 24.6 Å². The summed E-state index contributed by atoms with van der Waals surface area (Å²) >= 11 is 0. The van der Waals surface area contributed by atoms with Crippen molar-refractivity contribution in [2.45, 2.75) is 24.7 Å². The van der Waals surface area contributed by atoms with Gasteiger partial charge >= 0.3 is 0 Å². The van der Waals surface area contributed by atoms with Crippen LogP contribution in [0.5, 0.6) is 0 Å². The van der Waals surface area contributed by atoms with E-state index in [0.29, 0.717) is 29.3 Å². The number of hydrogen-bond donors (Lipinski definition) is 0. The highest BCUT2D eigenvalue weighted by molar-refractivity contribution is 7.90. The number of hydrogen-bond acceptors (Lipinski definition) is 4. The Morgan fingerprint density at radius 3 is 2.71 bits per heavy atom. The zero-order valence-corrected chi connectivity index (χ0v) is 14.5. The van der Waals surface area contributed by atoms with Crippen molar-refractivity contribution < 1.29 is 17.6 Å². The number of sulfone groups is 1. The summed E-state index contributed by atoms with van der Waals surface area (Å²) < 4.78 is 29.3. The molecule has 0 atom stereocenters. The minimum absolute atomic E-state index is 0.185. The van der Waals surface area contributed by atoms with Gasteiger partial charge in [0.1, 0.15) is 11.5 Å². The van der Waals surface area contributed by atoms with E-state index in [1.807, 2.05) is 13.0 Å². The third-order valence-corrected chi connectivity index (χ3v) is 5.21. The molecule has 1 aliphatic heterocycles. The molecule has 6 heteroatoms. The first-order chi connectivity index (χ1) is 11.4. The largest absolute Gasteiger partial charge is 0.462 e. The molecule has 2 heterocycles. The van der Waals surface area contributed by atoms with Gasteiger partial charge in [0.15, 0.2) is 9.84 Å². The van der Waals surface area contributed by atoms with Crippen LogP contribution in [0.15, 0.2) is 45.7 Å². The molecule has 24 heavy (non-hydrogen) atoms. The Morgan fingerprint density at radius 1 is 1.25 bits per heavy atom. The van der Waals surface area contributed by atoms with E-state index in [0.717, 1.165) is 17.7 Å². The van der Waals surface area contributed by atoms with Gasteiger partial charge < -0.3 is 9.32 Å². The summed E-state index contributed by atoms with van der Waals surface area (Å²) in [5.41, 5.74) is 1.40. The number of carbonyl (C=O) groups excluding carboxylic acids is 1. The average molecular weight is 345 g/mol. The summed E-state index contributed by atoms with van der Waals surface area (Å²) in [6.45, 7) is 2.41. The monoisotopic (exact) mass is 345 g/mol. The van der Waals surface area contributed by atoms with Crippen LogP contribution >= 0.6 is 0 Å². The number of rotatable bonds is 3. The maximum atomic E-state index is 12.5. The zero-order valence-electron chi connectivity index (χ0n) is 13.7. The highest BCUT2D eigenvalue weighted by Gasteiger charge is 2.25. The molecule has 0 N–H and O–H groups in total. The van der Waals surface area contributed by atoms with Crippen molar-refractivity contribution in [2.24, 2.45) is 0 Å². The fraction of sp³-hybridized carbons (Fsp3) is 0.278. The second kappa shape index (κ2) is 6.28. The van der Waals surface area contributed by atoms with Crippen LogP contribution in [0.25, 0.3) is 6.08 Å². The van der Waals surface area contributed by atoms with Gasteiger partial charge in [-0.15, -0.1) is 0 Å². The Kier molecular flexibility index (Phi) is 4.32. The summed E-state index contributed by atoms with van der Waals surface area (Å²) in [7, 11) is -3.32. The van der Waals surface area contributed by atoms with Crippen LogP contribution in [0.3, 0.4) is 0 Å². The molecule has 3 rings (SSSR count). The summed E-state index contributed by atoms with van der Waals surface area (Å²) in [4.78, 5) is 14.5. The molecule has 0 saturated heterocycles. The molecule has 126 valence electrons. The number of anilines is 1. The van der Waals surface area contributed by atoms with Crippen molar-refractivity contribution in [3.8, 4) is 0 Å². The molecule has 5 nitrogen and oxygen atoms in total. The van der Waals surface area contributed by atoms with Crippen LogP contribution in [-0.4, -0.2) is 27.1 Å². The Hall–Kier alpha value is -2.34. The van der Waals surface area contributed by atoms with Crippen molar-refractivity contribution in [1.82, 2.24) is 0 Å². The fourth-order valence-electron chi connectivity index (χ4n) is 2.96.